The number of methoxy groups -OCH3 is 1. The third kappa shape index (κ3) is 4.32. The minimum Gasteiger partial charge on any atom is -0.465 e. The molecule has 0 aromatic heterocycles. The zero-order valence-corrected chi connectivity index (χ0v) is 13.9. The number of hydrogen-bond acceptors (Lipinski definition) is 5. The Morgan fingerprint density at radius 2 is 1.75 bits per heavy atom. The monoisotopic (exact) mass is 348 g/mol. The quantitative estimate of drug-likeness (QED) is 0.826. The summed E-state index contributed by atoms with van der Waals surface area (Å²) in [5, 5.41) is 2.36. The molecule has 0 fully saturated rings. The summed E-state index contributed by atoms with van der Waals surface area (Å²) in [6, 6.07) is 11.2. The van der Waals surface area contributed by atoms with Gasteiger partial charge in [0.2, 0.25) is 0 Å². The van der Waals surface area contributed by atoms with E-state index in [-0.39, 0.29) is 16.1 Å². The zero-order chi connectivity index (χ0) is 17.7. The van der Waals surface area contributed by atoms with Gasteiger partial charge in [-0.2, -0.15) is 0 Å². The van der Waals surface area contributed by atoms with E-state index in [1.165, 1.54) is 43.5 Å². The maximum atomic E-state index is 12.2. The first kappa shape index (κ1) is 17.5. The number of ether oxygens (including phenoxy) is 1. The summed E-state index contributed by atoms with van der Waals surface area (Å²) in [5.41, 5.74) is 1.25. The highest BCUT2D eigenvalue weighted by atomic mass is 32.2. The number of carbonyl (C=O) groups excluding carboxylic acids is 2. The van der Waals surface area contributed by atoms with Gasteiger partial charge in [0.25, 0.3) is 10.0 Å². The molecule has 2 N–H and O–H groups in total. The molecule has 0 aliphatic carbocycles. The largest absolute Gasteiger partial charge is 0.465 e. The van der Waals surface area contributed by atoms with Crippen molar-refractivity contribution >= 4 is 27.7 Å². The number of amides is 2. The average molecular weight is 348 g/mol. The highest BCUT2D eigenvalue weighted by Gasteiger charge is 2.18. The molecule has 0 heterocycles. The van der Waals surface area contributed by atoms with E-state index in [4.69, 9.17) is 0 Å². The number of nitrogens with one attached hydrogen (secondary N) is 2. The van der Waals surface area contributed by atoms with Crippen LogP contribution in [0.1, 0.15) is 15.9 Å². The smallest absolute Gasteiger partial charge is 0.337 e. The van der Waals surface area contributed by atoms with Crippen molar-refractivity contribution in [2.75, 3.05) is 12.4 Å². The first-order valence-electron chi connectivity index (χ1n) is 6.90. The zero-order valence-electron chi connectivity index (χ0n) is 13.1. The SMILES string of the molecule is COC(=O)c1cccc(NC(=O)NS(=O)(=O)c2cccc(C)c2)c1. The normalized spacial score (nSPS) is 10.8. The molecule has 0 saturated carbocycles. The molecule has 0 radical (unpaired) electrons. The van der Waals surface area contributed by atoms with E-state index in [1.54, 1.807) is 19.1 Å². The molecule has 7 nitrogen and oxygen atoms in total. The Morgan fingerprint density at radius 3 is 2.42 bits per heavy atom. The molecular weight excluding hydrogens is 332 g/mol. The molecule has 0 aliphatic heterocycles. The number of aryl methyl sites for hydroxylation is 1. The van der Waals surface area contributed by atoms with Crippen LogP contribution in [0.4, 0.5) is 10.5 Å². The van der Waals surface area contributed by atoms with Crippen molar-refractivity contribution in [1.82, 2.24) is 4.72 Å². The van der Waals surface area contributed by atoms with Gasteiger partial charge in [-0.1, -0.05) is 18.2 Å². The fourth-order valence-corrected chi connectivity index (χ4v) is 2.97. The van der Waals surface area contributed by atoms with Crippen LogP contribution in [0, 0.1) is 6.92 Å². The van der Waals surface area contributed by atoms with Crippen LogP contribution in [-0.2, 0) is 14.8 Å². The topological polar surface area (TPSA) is 102 Å². The van der Waals surface area contributed by atoms with Gasteiger partial charge in [-0.15, -0.1) is 0 Å². The van der Waals surface area contributed by atoms with Crippen LogP contribution in [0.5, 0.6) is 0 Å². The highest BCUT2D eigenvalue weighted by Crippen LogP contribution is 2.13. The van der Waals surface area contributed by atoms with Crippen LogP contribution < -0.4 is 10.0 Å². The molecule has 0 aliphatic rings. The molecule has 0 saturated heterocycles. The number of sulfonamides is 1. The predicted molar refractivity (Wildman–Crippen MR) is 88.3 cm³/mol. The Morgan fingerprint density at radius 1 is 1.04 bits per heavy atom. The van der Waals surface area contributed by atoms with Crippen LogP contribution in [0.15, 0.2) is 53.4 Å². The maximum Gasteiger partial charge on any atom is 0.337 e. The third-order valence-electron chi connectivity index (χ3n) is 3.07. The summed E-state index contributed by atoms with van der Waals surface area (Å²) < 4.78 is 30.8. The minimum atomic E-state index is -3.99. The number of carbonyl (C=O) groups is 2. The first-order chi connectivity index (χ1) is 11.3. The number of esters is 1. The van der Waals surface area contributed by atoms with Crippen molar-refractivity contribution in [3.8, 4) is 0 Å². The minimum absolute atomic E-state index is 0.0130. The van der Waals surface area contributed by atoms with Crippen LogP contribution >= 0.6 is 0 Å². The molecule has 0 unspecified atom stereocenters. The predicted octanol–water partition coefficient (Wildman–Crippen LogP) is 2.29. The lowest BCUT2D eigenvalue weighted by Crippen LogP contribution is -2.34. The molecular formula is C16H16N2O5S. The van der Waals surface area contributed by atoms with Crippen molar-refractivity contribution in [3.63, 3.8) is 0 Å². The van der Waals surface area contributed by atoms with Gasteiger partial charge in [-0.25, -0.2) is 22.7 Å². The molecule has 2 aromatic rings. The van der Waals surface area contributed by atoms with Gasteiger partial charge in [-0.3, -0.25) is 0 Å². The van der Waals surface area contributed by atoms with Gasteiger partial charge in [-0.05, 0) is 42.8 Å². The molecule has 0 spiro atoms. The molecule has 126 valence electrons. The standard InChI is InChI=1S/C16H16N2O5S/c1-11-5-3-8-14(9-11)24(21,22)18-16(20)17-13-7-4-6-12(10-13)15(19)23-2/h3-10H,1-2H3,(H2,17,18,20). The van der Waals surface area contributed by atoms with E-state index >= 15 is 0 Å². The summed E-state index contributed by atoms with van der Waals surface area (Å²) in [7, 11) is -2.75. The van der Waals surface area contributed by atoms with Gasteiger partial charge < -0.3 is 10.1 Å². The lowest BCUT2D eigenvalue weighted by Gasteiger charge is -2.10. The third-order valence-corrected chi connectivity index (χ3v) is 4.40. The van der Waals surface area contributed by atoms with Crippen molar-refractivity contribution in [3.05, 3.63) is 59.7 Å². The molecule has 2 aromatic carbocycles. The van der Waals surface area contributed by atoms with Gasteiger partial charge in [0, 0.05) is 5.69 Å². The molecule has 0 atom stereocenters. The van der Waals surface area contributed by atoms with Crippen LogP contribution in [0.25, 0.3) is 0 Å². The lowest BCUT2D eigenvalue weighted by molar-refractivity contribution is 0.0600. The Labute approximate surface area is 139 Å². The fourth-order valence-electron chi connectivity index (χ4n) is 1.96. The van der Waals surface area contributed by atoms with E-state index in [0.29, 0.717) is 0 Å². The molecule has 24 heavy (non-hydrogen) atoms. The molecule has 2 amide bonds. The van der Waals surface area contributed by atoms with E-state index < -0.39 is 22.0 Å². The second kappa shape index (κ2) is 7.14. The Balaban J connectivity index is 2.12. The summed E-state index contributed by atoms with van der Waals surface area (Å²) in [4.78, 5) is 23.4. The van der Waals surface area contributed by atoms with Crippen molar-refractivity contribution in [2.24, 2.45) is 0 Å². The Hall–Kier alpha value is -2.87. The number of anilines is 1. The Bertz CT molecular complexity index is 878. The number of urea groups is 1. The van der Waals surface area contributed by atoms with Gasteiger partial charge >= 0.3 is 12.0 Å². The molecule has 2 rings (SSSR count). The van der Waals surface area contributed by atoms with Gasteiger partial charge in [0.15, 0.2) is 0 Å². The van der Waals surface area contributed by atoms with Crippen LogP contribution in [0.2, 0.25) is 0 Å². The summed E-state index contributed by atoms with van der Waals surface area (Å²) in [6.45, 7) is 1.75. The van der Waals surface area contributed by atoms with Crippen molar-refractivity contribution < 1.29 is 22.7 Å². The van der Waals surface area contributed by atoms with Crippen molar-refractivity contribution in [2.45, 2.75) is 11.8 Å². The Kier molecular flexibility index (Phi) is 5.20. The van der Waals surface area contributed by atoms with Crippen LogP contribution in [-0.4, -0.2) is 27.5 Å². The van der Waals surface area contributed by atoms with E-state index in [2.05, 4.69) is 10.1 Å². The second-order valence-electron chi connectivity index (χ2n) is 4.95. The summed E-state index contributed by atoms with van der Waals surface area (Å²) >= 11 is 0. The van der Waals surface area contributed by atoms with E-state index in [9.17, 15) is 18.0 Å². The van der Waals surface area contributed by atoms with Crippen LogP contribution in [0.3, 0.4) is 0 Å². The first-order valence-corrected chi connectivity index (χ1v) is 8.39. The van der Waals surface area contributed by atoms with E-state index in [1.807, 2.05) is 4.72 Å². The maximum absolute atomic E-state index is 12.2. The average Bonchev–Trinajstić information content (AvgIpc) is 2.53. The van der Waals surface area contributed by atoms with Crippen molar-refractivity contribution in [1.29, 1.82) is 0 Å². The van der Waals surface area contributed by atoms with E-state index in [0.717, 1.165) is 5.56 Å². The molecule has 0 bridgehead atoms. The number of benzene rings is 2. The number of hydrogen-bond donors (Lipinski definition) is 2. The number of rotatable bonds is 4. The van der Waals surface area contributed by atoms with Gasteiger partial charge in [0.1, 0.15) is 0 Å². The highest BCUT2D eigenvalue weighted by molar-refractivity contribution is 7.90. The molecule has 8 heteroatoms. The van der Waals surface area contributed by atoms with Gasteiger partial charge in [0.05, 0.1) is 17.6 Å². The lowest BCUT2D eigenvalue weighted by atomic mass is 10.2. The fraction of sp³-hybridized carbons (Fsp3) is 0.125. The summed E-state index contributed by atoms with van der Waals surface area (Å²) in [5.74, 6) is -0.563. The summed E-state index contributed by atoms with van der Waals surface area (Å²) in [6.07, 6.45) is 0. The second-order valence-corrected chi connectivity index (χ2v) is 6.63.